The van der Waals surface area contributed by atoms with Gasteiger partial charge in [0.2, 0.25) is 11.8 Å². The molecule has 0 aromatic heterocycles. The summed E-state index contributed by atoms with van der Waals surface area (Å²) in [5.41, 5.74) is -0.554. The molecule has 1 amide bonds. The highest BCUT2D eigenvalue weighted by Gasteiger charge is 2.57. The van der Waals surface area contributed by atoms with Crippen LogP contribution in [-0.4, -0.2) is 52.9 Å². The minimum absolute atomic E-state index is 0.104. The van der Waals surface area contributed by atoms with Crippen molar-refractivity contribution in [3.63, 3.8) is 0 Å². The molecule has 20 heavy (non-hydrogen) atoms. The van der Waals surface area contributed by atoms with Crippen LogP contribution in [0.15, 0.2) is 0 Å². The largest absolute Gasteiger partial charge is 0.350 e. The smallest absolute Gasteiger partial charge is 0.250 e. The second kappa shape index (κ2) is 3.99. The number of hydrogen-bond donors (Lipinski definition) is 2. The van der Waals surface area contributed by atoms with Gasteiger partial charge in [-0.15, -0.1) is 0 Å². The molecule has 5 nitrogen and oxygen atoms in total. The van der Waals surface area contributed by atoms with Gasteiger partial charge in [0.05, 0.1) is 5.41 Å². The Bertz CT molecular complexity index is 501. The van der Waals surface area contributed by atoms with Crippen molar-refractivity contribution in [3.8, 4) is 0 Å². The molecule has 2 N–H and O–H groups in total. The van der Waals surface area contributed by atoms with Gasteiger partial charge >= 0.3 is 0 Å². The van der Waals surface area contributed by atoms with Gasteiger partial charge in [0.25, 0.3) is 0 Å². The van der Waals surface area contributed by atoms with Crippen LogP contribution in [0.1, 0.15) is 32.1 Å². The second-order valence-corrected chi connectivity index (χ2v) is 6.22. The number of amidine groups is 2. The van der Waals surface area contributed by atoms with Gasteiger partial charge in [-0.2, -0.15) is 0 Å². The third-order valence-electron chi connectivity index (χ3n) is 4.75. The predicted molar refractivity (Wildman–Crippen MR) is 69.2 cm³/mol. The Kier molecular flexibility index (Phi) is 2.68. The second-order valence-electron chi connectivity index (χ2n) is 6.22. The van der Waals surface area contributed by atoms with E-state index >= 15 is 0 Å². The van der Waals surface area contributed by atoms with E-state index in [2.05, 4.69) is 0 Å². The highest BCUT2D eigenvalue weighted by molar-refractivity contribution is 6.41. The molecule has 0 aromatic carbocycles. The number of halogens is 2. The highest BCUT2D eigenvalue weighted by atomic mass is 19.3. The molecular formula is C13H18F2N4O. The van der Waals surface area contributed by atoms with Crippen LogP contribution in [0.4, 0.5) is 8.78 Å². The summed E-state index contributed by atoms with van der Waals surface area (Å²) in [7, 11) is 1.49. The van der Waals surface area contributed by atoms with Crippen LogP contribution in [0.2, 0.25) is 0 Å². The van der Waals surface area contributed by atoms with E-state index in [1.54, 1.807) is 4.90 Å². The lowest BCUT2D eigenvalue weighted by Gasteiger charge is -2.31. The van der Waals surface area contributed by atoms with Crippen molar-refractivity contribution in [1.29, 1.82) is 10.8 Å². The quantitative estimate of drug-likeness (QED) is 0.769. The maximum absolute atomic E-state index is 13.4. The standard InChI is InChI=1S/C13H18F2N4O/c1-18-9(16)10(17)19(7-12(4-5-12)11(18)20)8-2-3-13(14,15)6-8/h8,16-17H,2-7H2,1H3/t8-/m1/s1. The van der Waals surface area contributed by atoms with Gasteiger partial charge in [-0.25, -0.2) is 8.78 Å². The molecule has 0 radical (unpaired) electrons. The molecule has 2 saturated carbocycles. The average molecular weight is 284 g/mol. The monoisotopic (exact) mass is 284 g/mol. The molecule has 7 heteroatoms. The summed E-state index contributed by atoms with van der Waals surface area (Å²) in [6.07, 6.45) is 1.30. The predicted octanol–water partition coefficient (Wildman–Crippen LogP) is 1.68. The first-order valence-corrected chi connectivity index (χ1v) is 6.86. The molecule has 0 aromatic rings. The lowest BCUT2D eigenvalue weighted by atomic mass is 10.0. The minimum Gasteiger partial charge on any atom is -0.350 e. The first-order chi connectivity index (χ1) is 9.26. The average Bonchev–Trinajstić information content (AvgIpc) is 3.10. The molecule has 1 saturated heterocycles. The maximum Gasteiger partial charge on any atom is 0.250 e. The molecule has 1 heterocycles. The number of likely N-dealkylation sites (N-methyl/N-ethyl adjacent to an activating group) is 1. The van der Waals surface area contributed by atoms with E-state index in [-0.39, 0.29) is 30.4 Å². The van der Waals surface area contributed by atoms with Gasteiger partial charge in [-0.05, 0) is 19.3 Å². The van der Waals surface area contributed by atoms with Crippen LogP contribution in [-0.2, 0) is 4.79 Å². The van der Waals surface area contributed by atoms with E-state index in [0.29, 0.717) is 13.0 Å². The lowest BCUT2D eigenvalue weighted by molar-refractivity contribution is -0.132. The molecule has 1 spiro atoms. The Morgan fingerprint density at radius 2 is 1.85 bits per heavy atom. The molecule has 1 atom stereocenters. The molecule has 1 aliphatic heterocycles. The number of hydrogen-bond acceptors (Lipinski definition) is 3. The van der Waals surface area contributed by atoms with Crippen LogP contribution >= 0.6 is 0 Å². The summed E-state index contributed by atoms with van der Waals surface area (Å²) < 4.78 is 26.8. The summed E-state index contributed by atoms with van der Waals surface area (Å²) in [4.78, 5) is 15.1. The zero-order valence-corrected chi connectivity index (χ0v) is 11.4. The van der Waals surface area contributed by atoms with Crippen molar-refractivity contribution in [2.24, 2.45) is 5.41 Å². The number of alkyl halides is 2. The first kappa shape index (κ1) is 13.5. The number of carbonyl (C=O) groups excluding carboxylic acids is 1. The fourth-order valence-corrected chi connectivity index (χ4v) is 3.25. The molecule has 110 valence electrons. The van der Waals surface area contributed by atoms with Crippen LogP contribution in [0.3, 0.4) is 0 Å². The van der Waals surface area contributed by atoms with Gasteiger partial charge < -0.3 is 4.90 Å². The zero-order chi connectivity index (χ0) is 14.7. The molecule has 2 aliphatic carbocycles. The Labute approximate surface area is 115 Å². The topological polar surface area (TPSA) is 71.2 Å². The third kappa shape index (κ3) is 1.91. The number of carbonyl (C=O) groups is 1. The summed E-state index contributed by atoms with van der Waals surface area (Å²) >= 11 is 0. The van der Waals surface area contributed by atoms with E-state index in [1.807, 2.05) is 0 Å². The van der Waals surface area contributed by atoms with Crippen LogP contribution in [0.5, 0.6) is 0 Å². The molecule has 0 bridgehead atoms. The highest BCUT2D eigenvalue weighted by Crippen LogP contribution is 2.50. The maximum atomic E-state index is 13.4. The Morgan fingerprint density at radius 1 is 1.20 bits per heavy atom. The summed E-state index contributed by atoms with van der Waals surface area (Å²) in [5.74, 6) is -3.13. The zero-order valence-electron chi connectivity index (χ0n) is 11.4. The van der Waals surface area contributed by atoms with Crippen molar-refractivity contribution in [1.82, 2.24) is 9.80 Å². The fourth-order valence-electron chi connectivity index (χ4n) is 3.25. The Hall–Kier alpha value is -1.53. The van der Waals surface area contributed by atoms with Crippen LogP contribution < -0.4 is 0 Å². The molecule has 0 unspecified atom stereocenters. The van der Waals surface area contributed by atoms with Gasteiger partial charge in [0.15, 0.2) is 11.7 Å². The number of nitrogens with zero attached hydrogens (tertiary/aromatic N) is 2. The molecule has 3 aliphatic rings. The molecule has 3 fully saturated rings. The summed E-state index contributed by atoms with van der Waals surface area (Å²) in [6.45, 7) is 0.304. The minimum atomic E-state index is -2.69. The number of nitrogens with one attached hydrogen (secondary N) is 2. The van der Waals surface area contributed by atoms with E-state index in [1.165, 1.54) is 11.9 Å². The van der Waals surface area contributed by atoms with Gasteiger partial charge in [-0.1, -0.05) is 0 Å². The normalized spacial score (nSPS) is 31.9. The van der Waals surface area contributed by atoms with Crippen LogP contribution in [0, 0.1) is 16.2 Å². The number of amides is 1. The van der Waals surface area contributed by atoms with Crippen molar-refractivity contribution in [2.45, 2.75) is 44.1 Å². The van der Waals surface area contributed by atoms with Crippen molar-refractivity contribution in [3.05, 3.63) is 0 Å². The first-order valence-electron chi connectivity index (χ1n) is 6.86. The Balaban J connectivity index is 1.89. The van der Waals surface area contributed by atoms with Crippen LogP contribution in [0.25, 0.3) is 0 Å². The summed E-state index contributed by atoms with van der Waals surface area (Å²) in [6, 6.07) is -0.436. The molecule has 3 rings (SSSR count). The van der Waals surface area contributed by atoms with E-state index in [4.69, 9.17) is 10.8 Å². The Morgan fingerprint density at radius 3 is 2.35 bits per heavy atom. The van der Waals surface area contributed by atoms with Gasteiger partial charge in [-0.3, -0.25) is 20.5 Å². The van der Waals surface area contributed by atoms with E-state index < -0.39 is 17.4 Å². The fraction of sp³-hybridized carbons (Fsp3) is 0.769. The van der Waals surface area contributed by atoms with Gasteiger partial charge in [0.1, 0.15) is 0 Å². The SMILES string of the molecule is CN1C(=N)C(=N)N([C@@H]2CCC(F)(F)C2)CC2(CC2)C1=O. The van der Waals surface area contributed by atoms with E-state index in [0.717, 1.165) is 12.8 Å². The summed E-state index contributed by atoms with van der Waals surface area (Å²) in [5, 5.41) is 16.0. The third-order valence-corrected chi connectivity index (χ3v) is 4.75. The number of rotatable bonds is 1. The lowest BCUT2D eigenvalue weighted by Crippen LogP contribution is -2.45. The van der Waals surface area contributed by atoms with Crippen molar-refractivity contribution >= 4 is 17.6 Å². The molecular weight excluding hydrogens is 266 g/mol. The van der Waals surface area contributed by atoms with Crippen molar-refractivity contribution in [2.75, 3.05) is 13.6 Å². The van der Waals surface area contributed by atoms with Gasteiger partial charge in [0, 0.05) is 32.5 Å². The van der Waals surface area contributed by atoms with E-state index in [9.17, 15) is 13.6 Å². The van der Waals surface area contributed by atoms with Crippen molar-refractivity contribution < 1.29 is 13.6 Å².